The van der Waals surface area contributed by atoms with Gasteiger partial charge in [0.1, 0.15) is 5.69 Å². The molecule has 0 aliphatic heterocycles. The van der Waals surface area contributed by atoms with E-state index in [9.17, 15) is 4.79 Å². The lowest BCUT2D eigenvalue weighted by Gasteiger charge is -2.22. The van der Waals surface area contributed by atoms with Crippen LogP contribution >= 0.6 is 0 Å². The van der Waals surface area contributed by atoms with Gasteiger partial charge in [-0.05, 0) is 43.2 Å². The number of pyridine rings is 1. The summed E-state index contributed by atoms with van der Waals surface area (Å²) in [6, 6.07) is 9.93. The summed E-state index contributed by atoms with van der Waals surface area (Å²) in [4.78, 5) is 19.2. The zero-order chi connectivity index (χ0) is 16.2. The molecule has 0 atom stereocenters. The van der Waals surface area contributed by atoms with Gasteiger partial charge in [-0.15, -0.1) is 0 Å². The first-order chi connectivity index (χ1) is 11.2. The van der Waals surface area contributed by atoms with Crippen LogP contribution in [0.3, 0.4) is 0 Å². The molecule has 1 aliphatic rings. The number of hydrogen-bond acceptors (Lipinski definition) is 4. The second-order valence-electron chi connectivity index (χ2n) is 5.90. The molecule has 1 fully saturated rings. The van der Waals surface area contributed by atoms with E-state index >= 15 is 0 Å². The summed E-state index contributed by atoms with van der Waals surface area (Å²) in [5, 5.41) is 10.8. The second kappa shape index (κ2) is 6.96. The molecule has 2 aromatic rings. The number of benzene rings is 1. The van der Waals surface area contributed by atoms with Gasteiger partial charge in [0.15, 0.2) is 0 Å². The summed E-state index contributed by atoms with van der Waals surface area (Å²) in [7, 11) is 1.57. The Morgan fingerprint density at radius 2 is 2.13 bits per heavy atom. The summed E-state index contributed by atoms with van der Waals surface area (Å²) in [6.45, 7) is 0.829. The lowest BCUT2D eigenvalue weighted by Crippen LogP contribution is -2.34. The van der Waals surface area contributed by atoms with Gasteiger partial charge in [-0.3, -0.25) is 4.79 Å². The Bertz CT molecular complexity index is 698. The van der Waals surface area contributed by atoms with Crippen LogP contribution in [0, 0.1) is 0 Å². The fourth-order valence-electron chi connectivity index (χ4n) is 2.81. The van der Waals surface area contributed by atoms with Crippen LogP contribution < -0.4 is 4.74 Å². The number of aromatic nitrogens is 1. The lowest BCUT2D eigenvalue weighted by molar-refractivity contribution is 0.0730. The van der Waals surface area contributed by atoms with Gasteiger partial charge in [-0.1, -0.05) is 18.2 Å². The number of carbonyl (C=O) groups is 1. The SMILES string of the molecule is COc1nc(C(=O)N(CCCCO)C2CC2)cc2ccccc12. The molecule has 5 heteroatoms. The number of rotatable bonds is 7. The molecule has 3 rings (SSSR count). The standard InChI is InChI=1S/C18H22N2O3/c1-23-17-15-7-3-2-6-13(15)12-16(19-17)18(22)20(14-8-9-14)10-4-5-11-21/h2-3,6-7,12,14,21H,4-5,8-11H2,1H3. The molecule has 0 saturated heterocycles. The van der Waals surface area contributed by atoms with E-state index < -0.39 is 0 Å². The van der Waals surface area contributed by atoms with Crippen LogP contribution in [0.25, 0.3) is 10.8 Å². The molecule has 0 unspecified atom stereocenters. The van der Waals surface area contributed by atoms with Crippen LogP contribution in [0.4, 0.5) is 0 Å². The minimum absolute atomic E-state index is 0.0468. The van der Waals surface area contributed by atoms with Crippen molar-refractivity contribution >= 4 is 16.7 Å². The highest BCUT2D eigenvalue weighted by Gasteiger charge is 2.33. The topological polar surface area (TPSA) is 62.7 Å². The quantitative estimate of drug-likeness (QED) is 0.798. The first-order valence-corrected chi connectivity index (χ1v) is 8.10. The number of amides is 1. The lowest BCUT2D eigenvalue weighted by atomic mass is 10.1. The van der Waals surface area contributed by atoms with Crippen molar-refractivity contribution in [2.45, 2.75) is 31.7 Å². The van der Waals surface area contributed by atoms with Gasteiger partial charge in [-0.2, -0.15) is 0 Å². The summed E-state index contributed by atoms with van der Waals surface area (Å²) < 4.78 is 5.36. The van der Waals surface area contributed by atoms with Crippen molar-refractivity contribution in [2.24, 2.45) is 0 Å². The van der Waals surface area contributed by atoms with E-state index in [0.717, 1.165) is 30.0 Å². The summed E-state index contributed by atoms with van der Waals surface area (Å²) in [5.74, 6) is 0.437. The van der Waals surface area contributed by atoms with Crippen LogP contribution in [-0.4, -0.2) is 47.2 Å². The number of ether oxygens (including phenoxy) is 1. The number of unbranched alkanes of at least 4 members (excludes halogenated alkanes) is 1. The number of aliphatic hydroxyl groups is 1. The third kappa shape index (κ3) is 3.45. The van der Waals surface area contributed by atoms with E-state index in [1.54, 1.807) is 7.11 Å². The van der Waals surface area contributed by atoms with Gasteiger partial charge in [0.05, 0.1) is 7.11 Å². The Morgan fingerprint density at radius 3 is 2.83 bits per heavy atom. The molecule has 1 heterocycles. The molecule has 23 heavy (non-hydrogen) atoms. The van der Waals surface area contributed by atoms with Crippen LogP contribution in [0.5, 0.6) is 5.88 Å². The number of nitrogens with zero attached hydrogens (tertiary/aromatic N) is 2. The van der Waals surface area contributed by atoms with Crippen molar-refractivity contribution in [3.63, 3.8) is 0 Å². The monoisotopic (exact) mass is 314 g/mol. The second-order valence-corrected chi connectivity index (χ2v) is 5.90. The maximum absolute atomic E-state index is 12.9. The highest BCUT2D eigenvalue weighted by atomic mass is 16.5. The smallest absolute Gasteiger partial charge is 0.272 e. The molecular formula is C18H22N2O3. The fraction of sp³-hybridized carbons (Fsp3) is 0.444. The molecule has 1 aromatic carbocycles. The zero-order valence-corrected chi connectivity index (χ0v) is 13.4. The van der Waals surface area contributed by atoms with Crippen molar-refractivity contribution in [1.82, 2.24) is 9.88 Å². The van der Waals surface area contributed by atoms with Gasteiger partial charge >= 0.3 is 0 Å². The molecule has 1 saturated carbocycles. The number of carbonyl (C=O) groups excluding carboxylic acids is 1. The minimum atomic E-state index is -0.0468. The van der Waals surface area contributed by atoms with Crippen molar-refractivity contribution in [3.05, 3.63) is 36.0 Å². The molecule has 1 aliphatic carbocycles. The molecule has 0 spiro atoms. The van der Waals surface area contributed by atoms with E-state index in [4.69, 9.17) is 9.84 Å². The number of methoxy groups -OCH3 is 1. The van der Waals surface area contributed by atoms with Crippen LogP contribution in [0.1, 0.15) is 36.2 Å². The number of fused-ring (bicyclic) bond motifs is 1. The maximum Gasteiger partial charge on any atom is 0.272 e. The Kier molecular flexibility index (Phi) is 4.76. The third-order valence-corrected chi connectivity index (χ3v) is 4.17. The number of aliphatic hydroxyl groups excluding tert-OH is 1. The Labute approximate surface area is 135 Å². The normalized spacial score (nSPS) is 14.0. The van der Waals surface area contributed by atoms with Crippen molar-refractivity contribution in [3.8, 4) is 5.88 Å². The number of hydrogen-bond donors (Lipinski definition) is 1. The average molecular weight is 314 g/mol. The highest BCUT2D eigenvalue weighted by Crippen LogP contribution is 2.30. The van der Waals surface area contributed by atoms with Gasteiger partial charge in [0, 0.05) is 24.6 Å². The van der Waals surface area contributed by atoms with E-state index in [1.165, 1.54) is 0 Å². The zero-order valence-electron chi connectivity index (χ0n) is 13.4. The molecule has 122 valence electrons. The molecule has 0 bridgehead atoms. The van der Waals surface area contributed by atoms with Crippen LogP contribution in [0.15, 0.2) is 30.3 Å². The van der Waals surface area contributed by atoms with Crippen LogP contribution in [0.2, 0.25) is 0 Å². The van der Waals surface area contributed by atoms with E-state index in [1.807, 2.05) is 35.2 Å². The maximum atomic E-state index is 12.9. The Morgan fingerprint density at radius 1 is 1.35 bits per heavy atom. The Balaban J connectivity index is 1.89. The predicted molar refractivity (Wildman–Crippen MR) is 88.7 cm³/mol. The molecule has 5 nitrogen and oxygen atoms in total. The van der Waals surface area contributed by atoms with E-state index in [2.05, 4.69) is 4.98 Å². The first-order valence-electron chi connectivity index (χ1n) is 8.10. The summed E-state index contributed by atoms with van der Waals surface area (Å²) in [5.41, 5.74) is 0.427. The fourth-order valence-corrected chi connectivity index (χ4v) is 2.81. The van der Waals surface area contributed by atoms with Gasteiger partial charge in [0.25, 0.3) is 5.91 Å². The first kappa shape index (κ1) is 15.7. The van der Waals surface area contributed by atoms with Gasteiger partial charge in [0.2, 0.25) is 5.88 Å². The molecule has 0 radical (unpaired) electrons. The molecule has 1 amide bonds. The Hall–Kier alpha value is -2.14. The van der Waals surface area contributed by atoms with Crippen LogP contribution in [-0.2, 0) is 0 Å². The largest absolute Gasteiger partial charge is 0.481 e. The molecule has 1 aromatic heterocycles. The predicted octanol–water partition coefficient (Wildman–Crippen LogP) is 2.62. The van der Waals surface area contributed by atoms with Gasteiger partial charge in [-0.25, -0.2) is 4.98 Å². The molecule has 1 N–H and O–H groups in total. The highest BCUT2D eigenvalue weighted by molar-refractivity contribution is 5.98. The molecular weight excluding hydrogens is 292 g/mol. The average Bonchev–Trinajstić information content (AvgIpc) is 3.42. The van der Waals surface area contributed by atoms with E-state index in [-0.39, 0.29) is 12.5 Å². The minimum Gasteiger partial charge on any atom is -0.481 e. The summed E-state index contributed by atoms with van der Waals surface area (Å²) in [6.07, 6.45) is 3.62. The van der Waals surface area contributed by atoms with Gasteiger partial charge < -0.3 is 14.7 Å². The van der Waals surface area contributed by atoms with Crippen molar-refractivity contribution in [2.75, 3.05) is 20.3 Å². The van der Waals surface area contributed by atoms with E-state index in [0.29, 0.717) is 30.6 Å². The van der Waals surface area contributed by atoms with Crippen molar-refractivity contribution in [1.29, 1.82) is 0 Å². The summed E-state index contributed by atoms with van der Waals surface area (Å²) >= 11 is 0. The third-order valence-electron chi connectivity index (χ3n) is 4.17. The van der Waals surface area contributed by atoms with Crippen molar-refractivity contribution < 1.29 is 14.6 Å².